The van der Waals surface area contributed by atoms with Crippen molar-refractivity contribution >= 4 is 5.91 Å². The van der Waals surface area contributed by atoms with E-state index in [0.29, 0.717) is 12.8 Å². The summed E-state index contributed by atoms with van der Waals surface area (Å²) in [4.78, 5) is 11.9. The first-order valence-electron chi connectivity index (χ1n) is 6.99. The van der Waals surface area contributed by atoms with Gasteiger partial charge in [0.1, 0.15) is 11.6 Å². The second-order valence-corrected chi connectivity index (χ2v) is 5.49. The maximum absolute atomic E-state index is 13.5. The van der Waals surface area contributed by atoms with Crippen LogP contribution in [-0.4, -0.2) is 28.3 Å². The molecule has 0 spiro atoms. The molecule has 5 heteroatoms. The molecule has 0 atom stereocenters. The summed E-state index contributed by atoms with van der Waals surface area (Å²) in [7, 11) is 0. The Kier molecular flexibility index (Phi) is 4.60. The minimum Gasteiger partial charge on any atom is -0.508 e. The number of hydrogen-bond donors (Lipinski definition) is 3. The van der Waals surface area contributed by atoms with Crippen molar-refractivity contribution in [2.75, 3.05) is 6.54 Å². The van der Waals surface area contributed by atoms with Gasteiger partial charge in [0.2, 0.25) is 0 Å². The third-order valence-corrected chi connectivity index (χ3v) is 3.81. The zero-order chi connectivity index (χ0) is 14.6. The van der Waals surface area contributed by atoms with Crippen molar-refractivity contribution in [2.24, 2.45) is 0 Å². The maximum Gasteiger partial charge on any atom is 0.254 e. The molecule has 1 amide bonds. The van der Waals surface area contributed by atoms with Crippen molar-refractivity contribution in [1.82, 2.24) is 5.32 Å². The van der Waals surface area contributed by atoms with Crippen molar-refractivity contribution in [3.05, 3.63) is 29.6 Å². The number of benzene rings is 1. The molecule has 1 aliphatic carbocycles. The third kappa shape index (κ3) is 3.70. The molecule has 0 aliphatic heterocycles. The van der Waals surface area contributed by atoms with E-state index >= 15 is 0 Å². The topological polar surface area (TPSA) is 69.6 Å². The predicted octanol–water partition coefficient (Wildman–Crippen LogP) is 2.35. The fourth-order valence-electron chi connectivity index (χ4n) is 2.59. The lowest BCUT2D eigenvalue weighted by atomic mass is 9.94. The minimum atomic E-state index is -0.889. The van der Waals surface area contributed by atoms with Crippen molar-refractivity contribution < 1.29 is 19.4 Å². The van der Waals surface area contributed by atoms with Gasteiger partial charge in [0, 0.05) is 12.6 Å². The van der Waals surface area contributed by atoms with Gasteiger partial charge in [-0.2, -0.15) is 0 Å². The molecule has 0 aromatic heterocycles. The lowest BCUT2D eigenvalue weighted by molar-refractivity contribution is 0.0246. The molecule has 1 aromatic rings. The number of rotatable bonds is 3. The fourth-order valence-corrected chi connectivity index (χ4v) is 2.59. The largest absolute Gasteiger partial charge is 0.508 e. The van der Waals surface area contributed by atoms with Crippen LogP contribution in [0.3, 0.4) is 0 Å². The van der Waals surface area contributed by atoms with Crippen molar-refractivity contribution in [2.45, 2.75) is 44.1 Å². The Morgan fingerprint density at radius 2 is 1.90 bits per heavy atom. The average Bonchev–Trinajstić information content (AvgIpc) is 2.61. The summed E-state index contributed by atoms with van der Waals surface area (Å²) in [5.74, 6) is -1.56. The van der Waals surface area contributed by atoms with Crippen LogP contribution in [0.1, 0.15) is 48.9 Å². The van der Waals surface area contributed by atoms with Gasteiger partial charge >= 0.3 is 0 Å². The molecule has 110 valence electrons. The average molecular weight is 281 g/mol. The van der Waals surface area contributed by atoms with Gasteiger partial charge in [-0.25, -0.2) is 4.39 Å². The highest BCUT2D eigenvalue weighted by atomic mass is 19.1. The van der Waals surface area contributed by atoms with Crippen LogP contribution >= 0.6 is 0 Å². The van der Waals surface area contributed by atoms with Crippen LogP contribution in [0, 0.1) is 5.82 Å². The summed E-state index contributed by atoms with van der Waals surface area (Å²) in [6, 6.07) is 3.39. The molecule has 1 aliphatic rings. The third-order valence-electron chi connectivity index (χ3n) is 3.81. The van der Waals surface area contributed by atoms with E-state index < -0.39 is 17.3 Å². The van der Waals surface area contributed by atoms with Crippen LogP contribution < -0.4 is 5.32 Å². The maximum atomic E-state index is 13.5. The number of aliphatic hydroxyl groups is 1. The van der Waals surface area contributed by atoms with Crippen molar-refractivity contribution in [3.8, 4) is 5.75 Å². The first-order chi connectivity index (χ1) is 9.50. The van der Waals surface area contributed by atoms with Crippen LogP contribution in [0.2, 0.25) is 0 Å². The molecule has 2 rings (SSSR count). The van der Waals surface area contributed by atoms with Crippen LogP contribution in [0.4, 0.5) is 4.39 Å². The number of phenols is 1. The van der Waals surface area contributed by atoms with Crippen LogP contribution in [0.5, 0.6) is 5.75 Å². The van der Waals surface area contributed by atoms with Crippen LogP contribution in [0.15, 0.2) is 18.2 Å². The van der Waals surface area contributed by atoms with E-state index in [2.05, 4.69) is 5.32 Å². The van der Waals surface area contributed by atoms with Crippen molar-refractivity contribution in [1.29, 1.82) is 0 Å². The predicted molar refractivity (Wildman–Crippen MR) is 73.0 cm³/mol. The summed E-state index contributed by atoms with van der Waals surface area (Å²) in [6.07, 6.45) is 5.41. The van der Waals surface area contributed by atoms with Gasteiger partial charge in [-0.15, -0.1) is 0 Å². The highest BCUT2D eigenvalue weighted by molar-refractivity contribution is 5.94. The van der Waals surface area contributed by atoms with Gasteiger partial charge in [-0.3, -0.25) is 4.79 Å². The smallest absolute Gasteiger partial charge is 0.254 e. The van der Waals surface area contributed by atoms with Gasteiger partial charge in [0.15, 0.2) is 0 Å². The second kappa shape index (κ2) is 6.22. The zero-order valence-corrected chi connectivity index (χ0v) is 11.4. The standard InChI is InChI=1S/C15H20FNO3/c16-13-9-11(18)5-6-12(13)14(19)17-10-15(20)7-3-1-2-4-8-15/h5-6,9,18,20H,1-4,7-8,10H2,(H,17,19). The molecule has 3 N–H and O–H groups in total. The molecule has 0 radical (unpaired) electrons. The number of aromatic hydroxyl groups is 1. The highest BCUT2D eigenvalue weighted by Gasteiger charge is 2.28. The first kappa shape index (κ1) is 14.8. The number of phenolic OH excluding ortho intramolecular Hbond substituents is 1. The molecule has 1 fully saturated rings. The molecule has 0 heterocycles. The van der Waals surface area contributed by atoms with Gasteiger partial charge < -0.3 is 15.5 Å². The molecule has 1 saturated carbocycles. The molecule has 1 aromatic carbocycles. The molecular weight excluding hydrogens is 261 g/mol. The molecule has 0 saturated heterocycles. The normalized spacial score (nSPS) is 18.3. The Bertz CT molecular complexity index is 482. The lowest BCUT2D eigenvalue weighted by Crippen LogP contribution is -2.42. The number of nitrogens with one attached hydrogen (secondary N) is 1. The summed E-state index contributed by atoms with van der Waals surface area (Å²) in [5, 5.41) is 22.1. The molecule has 4 nitrogen and oxygen atoms in total. The van der Waals surface area contributed by atoms with E-state index in [1.807, 2.05) is 0 Å². The highest BCUT2D eigenvalue weighted by Crippen LogP contribution is 2.26. The van der Waals surface area contributed by atoms with Crippen LogP contribution in [-0.2, 0) is 0 Å². The quantitative estimate of drug-likeness (QED) is 0.745. The summed E-state index contributed by atoms with van der Waals surface area (Å²) >= 11 is 0. The second-order valence-electron chi connectivity index (χ2n) is 5.49. The summed E-state index contributed by atoms with van der Waals surface area (Å²) in [5.41, 5.74) is -1.01. The van der Waals surface area contributed by atoms with Gasteiger partial charge in [-0.05, 0) is 25.0 Å². The Morgan fingerprint density at radius 1 is 1.25 bits per heavy atom. The molecule has 0 bridgehead atoms. The Morgan fingerprint density at radius 3 is 2.50 bits per heavy atom. The van der Waals surface area contributed by atoms with E-state index in [9.17, 15) is 14.3 Å². The minimum absolute atomic E-state index is 0.125. The van der Waals surface area contributed by atoms with E-state index in [0.717, 1.165) is 31.7 Å². The van der Waals surface area contributed by atoms with E-state index in [4.69, 9.17) is 5.11 Å². The van der Waals surface area contributed by atoms with E-state index in [-0.39, 0.29) is 17.9 Å². The Balaban J connectivity index is 1.97. The Labute approximate surface area is 117 Å². The lowest BCUT2D eigenvalue weighted by Gasteiger charge is -2.26. The first-order valence-corrected chi connectivity index (χ1v) is 6.99. The number of halogens is 1. The Hall–Kier alpha value is -1.62. The van der Waals surface area contributed by atoms with E-state index in [1.54, 1.807) is 0 Å². The monoisotopic (exact) mass is 281 g/mol. The zero-order valence-electron chi connectivity index (χ0n) is 11.4. The number of amides is 1. The molecular formula is C15H20FNO3. The number of hydrogen-bond acceptors (Lipinski definition) is 3. The summed E-state index contributed by atoms with van der Waals surface area (Å²) in [6.45, 7) is 0.131. The molecule has 20 heavy (non-hydrogen) atoms. The fraction of sp³-hybridized carbons (Fsp3) is 0.533. The number of carbonyl (C=O) groups is 1. The molecule has 0 unspecified atom stereocenters. The van der Waals surface area contributed by atoms with E-state index in [1.165, 1.54) is 12.1 Å². The van der Waals surface area contributed by atoms with Crippen LogP contribution in [0.25, 0.3) is 0 Å². The SMILES string of the molecule is O=C(NCC1(O)CCCCCC1)c1ccc(O)cc1F. The van der Waals surface area contributed by atoms with Gasteiger partial charge in [0.25, 0.3) is 5.91 Å². The van der Waals surface area contributed by atoms with Gasteiger partial charge in [0.05, 0.1) is 11.2 Å². The van der Waals surface area contributed by atoms with Crippen molar-refractivity contribution in [3.63, 3.8) is 0 Å². The summed E-state index contributed by atoms with van der Waals surface area (Å²) < 4.78 is 13.5. The number of carbonyl (C=O) groups excluding carboxylic acids is 1. The van der Waals surface area contributed by atoms with Gasteiger partial charge in [-0.1, -0.05) is 25.7 Å².